The van der Waals surface area contributed by atoms with E-state index in [1.165, 1.54) is 0 Å². The van der Waals surface area contributed by atoms with Crippen LogP contribution in [0.2, 0.25) is 0 Å². The van der Waals surface area contributed by atoms with Crippen LogP contribution in [0.4, 0.5) is 4.79 Å². The summed E-state index contributed by atoms with van der Waals surface area (Å²) >= 11 is 0. The van der Waals surface area contributed by atoms with Gasteiger partial charge in [-0.05, 0) is 47.5 Å². The van der Waals surface area contributed by atoms with E-state index in [4.69, 9.17) is 4.74 Å². The first-order valence-corrected chi connectivity index (χ1v) is 7.46. The lowest BCUT2D eigenvalue weighted by Crippen LogP contribution is -2.46. The Bertz CT molecular complexity index is 374. The summed E-state index contributed by atoms with van der Waals surface area (Å²) in [4.78, 5) is 25.6. The Hall–Kier alpha value is -1.30. The molecule has 2 N–H and O–H groups in total. The summed E-state index contributed by atoms with van der Waals surface area (Å²) < 4.78 is 5.32. The summed E-state index contributed by atoms with van der Waals surface area (Å²) in [5.41, 5.74) is -1.41. The van der Waals surface area contributed by atoms with Crippen molar-refractivity contribution in [1.29, 1.82) is 0 Å². The number of carbonyl (C=O) groups is 2. The van der Waals surface area contributed by atoms with Crippen LogP contribution < -0.4 is 5.32 Å². The Morgan fingerprint density at radius 1 is 1.19 bits per heavy atom. The fraction of sp³-hybridized carbons (Fsp3) is 0.867. The molecule has 2 amide bonds. The molecule has 0 saturated carbocycles. The van der Waals surface area contributed by atoms with Crippen molar-refractivity contribution in [2.45, 2.75) is 58.7 Å². The highest BCUT2D eigenvalue weighted by molar-refractivity contribution is 5.79. The van der Waals surface area contributed by atoms with Gasteiger partial charge in [0.15, 0.2) is 0 Å². The van der Waals surface area contributed by atoms with Crippen molar-refractivity contribution in [3.05, 3.63) is 0 Å². The van der Waals surface area contributed by atoms with Gasteiger partial charge in [0.2, 0.25) is 5.91 Å². The van der Waals surface area contributed by atoms with Gasteiger partial charge in [-0.2, -0.15) is 0 Å². The maximum Gasteiger partial charge on any atom is 0.410 e. The van der Waals surface area contributed by atoms with Crippen molar-refractivity contribution in [1.82, 2.24) is 10.2 Å². The lowest BCUT2D eigenvalue weighted by Gasteiger charge is -2.33. The van der Waals surface area contributed by atoms with Crippen LogP contribution in [0.25, 0.3) is 0 Å². The second-order valence-corrected chi connectivity index (χ2v) is 7.27. The molecule has 1 aliphatic rings. The van der Waals surface area contributed by atoms with Gasteiger partial charge in [0.25, 0.3) is 0 Å². The van der Waals surface area contributed by atoms with Crippen molar-refractivity contribution in [2.24, 2.45) is 5.92 Å². The lowest BCUT2D eigenvalue weighted by molar-refractivity contribution is -0.127. The average molecular weight is 300 g/mol. The number of hydrogen-bond acceptors (Lipinski definition) is 4. The highest BCUT2D eigenvalue weighted by Crippen LogP contribution is 2.20. The van der Waals surface area contributed by atoms with Crippen molar-refractivity contribution in [2.75, 3.05) is 19.6 Å². The van der Waals surface area contributed by atoms with Gasteiger partial charge in [0, 0.05) is 25.6 Å². The first-order chi connectivity index (χ1) is 9.48. The topological polar surface area (TPSA) is 78.9 Å². The molecule has 0 radical (unpaired) electrons. The zero-order chi connectivity index (χ0) is 16.3. The number of carbonyl (C=O) groups excluding carboxylic acids is 2. The molecule has 0 bridgehead atoms. The van der Waals surface area contributed by atoms with E-state index in [2.05, 4.69) is 5.32 Å². The number of ether oxygens (including phenoxy) is 1. The minimum atomic E-state index is -0.910. The molecule has 0 aromatic rings. The standard InChI is InChI=1S/C15H28N2O4/c1-14(2,3)21-13(19)17-8-6-11(7-9-17)12(18)16-10-15(4,5)20/h11,20H,6-10H2,1-5H3,(H,16,18). The normalized spacial score (nSPS) is 17.5. The third kappa shape index (κ3) is 6.80. The fourth-order valence-electron chi connectivity index (χ4n) is 2.10. The van der Waals surface area contributed by atoms with E-state index >= 15 is 0 Å². The molecule has 1 fully saturated rings. The summed E-state index contributed by atoms with van der Waals surface area (Å²) in [6, 6.07) is 0. The second kappa shape index (κ2) is 6.64. The molecule has 0 atom stereocenters. The van der Waals surface area contributed by atoms with Crippen LogP contribution in [0, 0.1) is 5.92 Å². The third-order valence-electron chi connectivity index (χ3n) is 3.21. The van der Waals surface area contributed by atoms with E-state index in [0.717, 1.165) is 0 Å². The predicted molar refractivity (Wildman–Crippen MR) is 79.8 cm³/mol. The van der Waals surface area contributed by atoms with Crippen molar-refractivity contribution in [3.63, 3.8) is 0 Å². The van der Waals surface area contributed by atoms with E-state index in [-0.39, 0.29) is 24.5 Å². The number of likely N-dealkylation sites (tertiary alicyclic amines) is 1. The lowest BCUT2D eigenvalue weighted by atomic mass is 9.96. The average Bonchev–Trinajstić information content (AvgIpc) is 2.33. The second-order valence-electron chi connectivity index (χ2n) is 7.27. The SMILES string of the molecule is CC(C)(O)CNC(=O)C1CCN(C(=O)OC(C)(C)C)CC1. The number of hydrogen-bond donors (Lipinski definition) is 2. The molecule has 21 heavy (non-hydrogen) atoms. The van der Waals surface area contributed by atoms with E-state index in [9.17, 15) is 14.7 Å². The number of nitrogens with one attached hydrogen (secondary N) is 1. The van der Waals surface area contributed by atoms with Gasteiger partial charge < -0.3 is 20.1 Å². The largest absolute Gasteiger partial charge is 0.444 e. The first-order valence-electron chi connectivity index (χ1n) is 7.46. The van der Waals surface area contributed by atoms with Gasteiger partial charge in [0.05, 0.1) is 5.60 Å². The molecule has 1 saturated heterocycles. The van der Waals surface area contributed by atoms with Gasteiger partial charge in [-0.1, -0.05) is 0 Å². The molecule has 6 heteroatoms. The summed E-state index contributed by atoms with van der Waals surface area (Å²) in [5, 5.41) is 12.4. The Labute approximate surface area is 126 Å². The van der Waals surface area contributed by atoms with Crippen LogP contribution in [-0.2, 0) is 9.53 Å². The molecule has 0 aromatic carbocycles. The number of piperidine rings is 1. The number of nitrogens with zero attached hydrogens (tertiary/aromatic N) is 1. The zero-order valence-electron chi connectivity index (χ0n) is 13.7. The number of rotatable bonds is 3. The maximum absolute atomic E-state index is 12.0. The fourth-order valence-corrected chi connectivity index (χ4v) is 2.10. The van der Waals surface area contributed by atoms with Crippen molar-refractivity contribution >= 4 is 12.0 Å². The zero-order valence-corrected chi connectivity index (χ0v) is 13.7. The summed E-state index contributed by atoms with van der Waals surface area (Å²) in [7, 11) is 0. The Morgan fingerprint density at radius 3 is 2.14 bits per heavy atom. The van der Waals surface area contributed by atoms with Crippen LogP contribution in [0.5, 0.6) is 0 Å². The van der Waals surface area contributed by atoms with Gasteiger partial charge in [-0.3, -0.25) is 4.79 Å². The van der Waals surface area contributed by atoms with Crippen LogP contribution in [-0.4, -0.2) is 52.8 Å². The molecule has 0 aromatic heterocycles. The molecule has 0 spiro atoms. The third-order valence-corrected chi connectivity index (χ3v) is 3.21. The molecule has 6 nitrogen and oxygen atoms in total. The molecule has 0 aliphatic carbocycles. The molecule has 1 heterocycles. The van der Waals surface area contributed by atoms with E-state index in [0.29, 0.717) is 25.9 Å². The van der Waals surface area contributed by atoms with Crippen LogP contribution in [0.3, 0.4) is 0 Å². The van der Waals surface area contributed by atoms with Gasteiger partial charge >= 0.3 is 6.09 Å². The van der Waals surface area contributed by atoms with E-state index < -0.39 is 11.2 Å². The molecule has 0 unspecified atom stereocenters. The monoisotopic (exact) mass is 300 g/mol. The molecular formula is C15H28N2O4. The van der Waals surface area contributed by atoms with E-state index in [1.54, 1.807) is 18.7 Å². The van der Waals surface area contributed by atoms with Gasteiger partial charge in [-0.25, -0.2) is 4.79 Å². The highest BCUT2D eigenvalue weighted by Gasteiger charge is 2.30. The summed E-state index contributed by atoms with van der Waals surface area (Å²) in [6.45, 7) is 10.1. The quantitative estimate of drug-likeness (QED) is 0.828. The molecule has 1 aliphatic heterocycles. The number of aliphatic hydroxyl groups is 1. The van der Waals surface area contributed by atoms with Crippen molar-refractivity contribution < 1.29 is 19.4 Å². The number of amides is 2. The maximum atomic E-state index is 12.0. The van der Waals surface area contributed by atoms with Crippen LogP contribution in [0.1, 0.15) is 47.5 Å². The molecule has 1 rings (SSSR count). The van der Waals surface area contributed by atoms with Gasteiger partial charge in [0.1, 0.15) is 5.60 Å². The predicted octanol–water partition coefficient (Wildman–Crippen LogP) is 1.52. The Kier molecular flexibility index (Phi) is 5.61. The first kappa shape index (κ1) is 17.8. The van der Waals surface area contributed by atoms with Crippen LogP contribution in [0.15, 0.2) is 0 Å². The Morgan fingerprint density at radius 2 is 1.71 bits per heavy atom. The van der Waals surface area contributed by atoms with Gasteiger partial charge in [-0.15, -0.1) is 0 Å². The smallest absolute Gasteiger partial charge is 0.410 e. The summed E-state index contributed by atoms with van der Waals surface area (Å²) in [5.74, 6) is -0.160. The highest BCUT2D eigenvalue weighted by atomic mass is 16.6. The molecular weight excluding hydrogens is 272 g/mol. The summed E-state index contributed by atoms with van der Waals surface area (Å²) in [6.07, 6.45) is 0.922. The van der Waals surface area contributed by atoms with E-state index in [1.807, 2.05) is 20.8 Å². The minimum absolute atomic E-state index is 0.0547. The Balaban J connectivity index is 2.38. The minimum Gasteiger partial charge on any atom is -0.444 e. The van der Waals surface area contributed by atoms with Crippen molar-refractivity contribution in [3.8, 4) is 0 Å². The van der Waals surface area contributed by atoms with Crippen LogP contribution >= 0.6 is 0 Å². The molecule has 122 valence electrons.